The third kappa shape index (κ3) is 5.83. The van der Waals surface area contributed by atoms with E-state index in [1.54, 1.807) is 61.5 Å². The lowest BCUT2D eigenvalue weighted by atomic mass is 10.0. The molecule has 0 saturated heterocycles. The largest absolute Gasteiger partial charge is 0.355 e. The van der Waals surface area contributed by atoms with Gasteiger partial charge < -0.3 is 10.6 Å². The number of hydrogen-bond donors (Lipinski definition) is 2. The summed E-state index contributed by atoms with van der Waals surface area (Å²) in [4.78, 5) is 25.1. The van der Waals surface area contributed by atoms with Crippen molar-refractivity contribution in [1.29, 1.82) is 0 Å². The third-order valence-electron chi connectivity index (χ3n) is 5.20. The van der Waals surface area contributed by atoms with Gasteiger partial charge in [0.05, 0.1) is 4.90 Å². The molecule has 0 bridgehead atoms. The predicted molar refractivity (Wildman–Crippen MR) is 132 cm³/mol. The molecule has 0 aliphatic heterocycles. The zero-order valence-corrected chi connectivity index (χ0v) is 20.4. The van der Waals surface area contributed by atoms with Crippen molar-refractivity contribution in [3.63, 3.8) is 0 Å². The Morgan fingerprint density at radius 2 is 1.56 bits per heavy atom. The summed E-state index contributed by atoms with van der Waals surface area (Å²) in [6.45, 7) is 2.03. The van der Waals surface area contributed by atoms with Crippen LogP contribution in [0, 0.1) is 0 Å². The van der Waals surface area contributed by atoms with Crippen molar-refractivity contribution in [3.8, 4) is 0 Å². The Labute approximate surface area is 204 Å². The fraction of sp³-hybridized carbons (Fsp3) is 0.200. The highest BCUT2D eigenvalue weighted by molar-refractivity contribution is 7.89. The van der Waals surface area contributed by atoms with Crippen LogP contribution in [-0.4, -0.2) is 38.1 Å². The van der Waals surface area contributed by atoms with Crippen molar-refractivity contribution in [2.75, 3.05) is 13.6 Å². The second kappa shape index (κ2) is 11.3. The quantitative estimate of drug-likeness (QED) is 0.468. The Morgan fingerprint density at radius 1 is 0.941 bits per heavy atom. The summed E-state index contributed by atoms with van der Waals surface area (Å²) in [5, 5.41) is 5.71. The zero-order valence-electron chi connectivity index (χ0n) is 18.9. The maximum Gasteiger partial charge on any atom is 0.251 e. The Balaban J connectivity index is 2.12. The smallest absolute Gasteiger partial charge is 0.251 e. The number of nitrogens with zero attached hydrogens (tertiary/aromatic N) is 1. The summed E-state index contributed by atoms with van der Waals surface area (Å²) in [6, 6.07) is 20.0. The number of halogens is 1. The first-order valence-electron chi connectivity index (χ1n) is 10.7. The van der Waals surface area contributed by atoms with Gasteiger partial charge in [0, 0.05) is 30.7 Å². The average Bonchev–Trinajstić information content (AvgIpc) is 2.84. The Hall–Kier alpha value is -3.20. The molecule has 2 amide bonds. The van der Waals surface area contributed by atoms with E-state index in [0.29, 0.717) is 28.3 Å². The zero-order chi connectivity index (χ0) is 24.7. The van der Waals surface area contributed by atoms with Gasteiger partial charge in [0.15, 0.2) is 0 Å². The first-order valence-corrected chi connectivity index (χ1v) is 12.5. The second-order valence-electron chi connectivity index (χ2n) is 7.49. The van der Waals surface area contributed by atoms with Crippen LogP contribution < -0.4 is 10.6 Å². The molecule has 0 spiro atoms. The fourth-order valence-electron chi connectivity index (χ4n) is 3.50. The van der Waals surface area contributed by atoms with Crippen LogP contribution in [0.2, 0.25) is 5.02 Å². The van der Waals surface area contributed by atoms with Crippen LogP contribution in [0.4, 0.5) is 0 Å². The molecule has 0 aliphatic rings. The number of rotatable bonds is 9. The molecule has 3 aromatic rings. The number of carbonyl (C=O) groups excluding carboxylic acids is 2. The van der Waals surface area contributed by atoms with Crippen LogP contribution in [0.1, 0.15) is 34.5 Å². The number of sulfonamides is 1. The van der Waals surface area contributed by atoms with Crippen molar-refractivity contribution in [1.82, 2.24) is 14.9 Å². The minimum absolute atomic E-state index is 0.0177. The first kappa shape index (κ1) is 25.4. The highest BCUT2D eigenvalue weighted by Crippen LogP contribution is 2.31. The molecule has 3 rings (SSSR count). The van der Waals surface area contributed by atoms with Crippen LogP contribution in [0.15, 0.2) is 83.8 Å². The van der Waals surface area contributed by atoms with E-state index in [2.05, 4.69) is 10.6 Å². The summed E-state index contributed by atoms with van der Waals surface area (Å²) < 4.78 is 28.8. The van der Waals surface area contributed by atoms with Gasteiger partial charge in [0.25, 0.3) is 5.91 Å². The lowest BCUT2D eigenvalue weighted by molar-refractivity contribution is -0.125. The first-order chi connectivity index (χ1) is 16.3. The van der Waals surface area contributed by atoms with Gasteiger partial charge in [-0.15, -0.1) is 0 Å². The molecule has 0 heterocycles. The van der Waals surface area contributed by atoms with Gasteiger partial charge in [-0.25, -0.2) is 8.42 Å². The summed E-state index contributed by atoms with van der Waals surface area (Å²) >= 11 is 5.97. The van der Waals surface area contributed by atoms with Gasteiger partial charge in [-0.05, 0) is 54.4 Å². The molecule has 0 aliphatic carbocycles. The molecule has 2 N–H and O–H groups in total. The third-order valence-corrected chi connectivity index (χ3v) is 7.28. The Morgan fingerprint density at radius 3 is 2.12 bits per heavy atom. The SMILES string of the molecule is CCNC(=O)[C@@H](c1ccccc1)N(Cc1ccc(C(=O)NC)cc1)S(=O)(=O)c1ccc(Cl)cc1. The molecule has 0 fully saturated rings. The summed E-state index contributed by atoms with van der Waals surface area (Å²) in [6.07, 6.45) is 0. The van der Waals surface area contributed by atoms with Crippen LogP contribution in [-0.2, 0) is 21.4 Å². The van der Waals surface area contributed by atoms with Crippen molar-refractivity contribution in [2.45, 2.75) is 24.4 Å². The van der Waals surface area contributed by atoms with Crippen LogP contribution in [0.5, 0.6) is 0 Å². The van der Waals surface area contributed by atoms with Gasteiger partial charge in [0.1, 0.15) is 6.04 Å². The van der Waals surface area contributed by atoms with Crippen molar-refractivity contribution in [2.24, 2.45) is 0 Å². The number of nitrogens with one attached hydrogen (secondary N) is 2. The Kier molecular flexibility index (Phi) is 8.44. The van der Waals surface area contributed by atoms with Gasteiger partial charge in [-0.1, -0.05) is 54.1 Å². The number of likely N-dealkylation sites (N-methyl/N-ethyl adjacent to an activating group) is 1. The number of hydrogen-bond acceptors (Lipinski definition) is 4. The van der Waals surface area contributed by atoms with Crippen LogP contribution >= 0.6 is 11.6 Å². The van der Waals surface area contributed by atoms with E-state index < -0.39 is 22.0 Å². The van der Waals surface area contributed by atoms with Crippen molar-refractivity contribution in [3.05, 3.63) is 101 Å². The summed E-state index contributed by atoms with van der Waals surface area (Å²) in [5.41, 5.74) is 1.60. The molecular weight excluding hydrogens is 474 g/mol. The van der Waals surface area contributed by atoms with E-state index in [-0.39, 0.29) is 17.3 Å². The monoisotopic (exact) mass is 499 g/mol. The minimum Gasteiger partial charge on any atom is -0.355 e. The number of carbonyl (C=O) groups is 2. The van der Waals surface area contributed by atoms with E-state index >= 15 is 0 Å². The van der Waals surface area contributed by atoms with E-state index in [0.717, 1.165) is 0 Å². The highest BCUT2D eigenvalue weighted by atomic mass is 35.5. The molecule has 3 aromatic carbocycles. The van der Waals surface area contributed by atoms with Crippen molar-refractivity contribution < 1.29 is 18.0 Å². The molecule has 0 aromatic heterocycles. The van der Waals surface area contributed by atoms with E-state index in [1.165, 1.54) is 35.6 Å². The molecule has 178 valence electrons. The highest BCUT2D eigenvalue weighted by Gasteiger charge is 2.37. The molecule has 0 unspecified atom stereocenters. The van der Waals surface area contributed by atoms with Crippen LogP contribution in [0.3, 0.4) is 0 Å². The lowest BCUT2D eigenvalue weighted by Crippen LogP contribution is -2.43. The maximum absolute atomic E-state index is 13.8. The van der Waals surface area contributed by atoms with Gasteiger partial charge in [-0.2, -0.15) is 4.31 Å². The molecule has 7 nitrogen and oxygen atoms in total. The van der Waals surface area contributed by atoms with Gasteiger partial charge in [0.2, 0.25) is 15.9 Å². The van der Waals surface area contributed by atoms with Crippen molar-refractivity contribution >= 4 is 33.4 Å². The Bertz CT molecular complexity index is 1230. The number of benzene rings is 3. The second-order valence-corrected chi connectivity index (χ2v) is 9.82. The minimum atomic E-state index is -4.12. The van der Waals surface area contributed by atoms with Crippen LogP contribution in [0.25, 0.3) is 0 Å². The topological polar surface area (TPSA) is 95.6 Å². The summed E-state index contributed by atoms with van der Waals surface area (Å²) in [5.74, 6) is -0.685. The lowest BCUT2D eigenvalue weighted by Gasteiger charge is -2.30. The fourth-order valence-corrected chi connectivity index (χ4v) is 5.19. The standard InChI is InChI=1S/C25H26ClN3O4S/c1-3-28-25(31)23(19-7-5-4-6-8-19)29(34(32,33)22-15-13-21(26)14-16-22)17-18-9-11-20(12-10-18)24(30)27-2/h4-16,23H,3,17H2,1-2H3,(H,27,30)(H,28,31)/t23-/m1/s1. The van der Waals surface area contributed by atoms with Gasteiger partial charge in [-0.3, -0.25) is 9.59 Å². The summed E-state index contributed by atoms with van der Waals surface area (Å²) in [7, 11) is -2.59. The molecule has 1 atom stereocenters. The molecule has 0 saturated carbocycles. The normalized spacial score (nSPS) is 12.2. The average molecular weight is 500 g/mol. The van der Waals surface area contributed by atoms with E-state index in [4.69, 9.17) is 11.6 Å². The molecule has 34 heavy (non-hydrogen) atoms. The van der Waals surface area contributed by atoms with Gasteiger partial charge >= 0.3 is 0 Å². The molecule has 0 radical (unpaired) electrons. The number of amides is 2. The molecular formula is C25H26ClN3O4S. The van der Waals surface area contributed by atoms with E-state index in [9.17, 15) is 18.0 Å². The van der Waals surface area contributed by atoms with E-state index in [1.807, 2.05) is 0 Å². The predicted octanol–water partition coefficient (Wildman–Crippen LogP) is 3.77. The maximum atomic E-state index is 13.8. The molecule has 9 heteroatoms.